The fourth-order valence-electron chi connectivity index (χ4n) is 1.63. The number of amides is 2. The largest absolute Gasteiger partial charge is 0.447 e. The SMILES string of the molecule is CC(C)OC(=O)NC(N)=S.NC(=S)NC(=O)OC1CCCC1. The van der Waals surface area contributed by atoms with E-state index in [1.165, 1.54) is 0 Å². The first-order chi connectivity index (χ1) is 10.2. The minimum Gasteiger partial charge on any atom is -0.447 e. The molecule has 0 spiro atoms. The van der Waals surface area contributed by atoms with E-state index in [0.29, 0.717) is 0 Å². The standard InChI is InChI=1S/C7H12N2O2S.C5H10N2O2S/c8-6(12)9-7(10)11-5-3-1-2-4-5;1-3(2)9-5(8)7-4(6)10/h5H,1-4H2,(H3,8,9,10,12);3H,1-2H3,(H3,6,7,8,10). The molecule has 6 N–H and O–H groups in total. The molecule has 10 heteroatoms. The van der Waals surface area contributed by atoms with Gasteiger partial charge in [-0.2, -0.15) is 0 Å². The molecule has 2 amide bonds. The minimum atomic E-state index is -0.609. The lowest BCUT2D eigenvalue weighted by molar-refractivity contribution is 0.106. The van der Waals surface area contributed by atoms with Crippen LogP contribution >= 0.6 is 24.4 Å². The molecule has 0 heterocycles. The molecule has 1 fully saturated rings. The monoisotopic (exact) mass is 350 g/mol. The quantitative estimate of drug-likeness (QED) is 0.548. The van der Waals surface area contributed by atoms with Crippen LogP contribution in [0.4, 0.5) is 9.59 Å². The van der Waals surface area contributed by atoms with Gasteiger partial charge in [-0.3, -0.25) is 10.6 Å². The number of alkyl carbamates (subject to hydrolysis) is 2. The van der Waals surface area contributed by atoms with Crippen molar-refractivity contribution in [2.45, 2.75) is 51.7 Å². The highest BCUT2D eigenvalue weighted by Crippen LogP contribution is 2.20. The van der Waals surface area contributed by atoms with Crippen LogP contribution < -0.4 is 22.1 Å². The Bertz CT molecular complexity index is 412. The molecule has 0 unspecified atom stereocenters. The predicted octanol–water partition coefficient (Wildman–Crippen LogP) is 1.26. The first-order valence-corrected chi connectivity index (χ1v) is 7.56. The lowest BCUT2D eigenvalue weighted by Crippen LogP contribution is -2.36. The summed E-state index contributed by atoms with van der Waals surface area (Å²) in [5.41, 5.74) is 10.1. The summed E-state index contributed by atoms with van der Waals surface area (Å²) >= 11 is 8.87. The van der Waals surface area contributed by atoms with E-state index in [0.717, 1.165) is 25.7 Å². The zero-order valence-corrected chi connectivity index (χ0v) is 14.2. The Morgan fingerprint density at radius 2 is 1.50 bits per heavy atom. The third-order valence-electron chi connectivity index (χ3n) is 2.37. The molecule has 0 aliphatic heterocycles. The summed E-state index contributed by atoms with van der Waals surface area (Å²) < 4.78 is 9.65. The van der Waals surface area contributed by atoms with Crippen LogP contribution in [0, 0.1) is 0 Å². The number of hydrogen-bond donors (Lipinski definition) is 4. The number of carbonyl (C=O) groups excluding carboxylic acids is 2. The molecule has 126 valence electrons. The van der Waals surface area contributed by atoms with E-state index < -0.39 is 12.2 Å². The third-order valence-corrected chi connectivity index (χ3v) is 2.57. The van der Waals surface area contributed by atoms with E-state index >= 15 is 0 Å². The summed E-state index contributed by atoms with van der Waals surface area (Å²) in [4.78, 5) is 21.5. The molecule has 8 nitrogen and oxygen atoms in total. The van der Waals surface area contributed by atoms with E-state index in [1.807, 2.05) is 0 Å². The van der Waals surface area contributed by atoms with Gasteiger partial charge in [0.25, 0.3) is 0 Å². The second-order valence-electron chi connectivity index (χ2n) is 4.74. The maximum Gasteiger partial charge on any atom is 0.413 e. The molecule has 22 heavy (non-hydrogen) atoms. The van der Waals surface area contributed by atoms with Crippen LogP contribution in [0.2, 0.25) is 0 Å². The summed E-state index contributed by atoms with van der Waals surface area (Å²) in [6.45, 7) is 3.47. The molecule has 1 aliphatic rings. The zero-order chi connectivity index (χ0) is 17.1. The number of rotatable bonds is 2. The van der Waals surface area contributed by atoms with Gasteiger partial charge in [0.15, 0.2) is 10.2 Å². The van der Waals surface area contributed by atoms with Crippen molar-refractivity contribution in [1.29, 1.82) is 0 Å². The Morgan fingerprint density at radius 3 is 1.91 bits per heavy atom. The molecule has 0 radical (unpaired) electrons. The van der Waals surface area contributed by atoms with Crippen LogP contribution in [0.3, 0.4) is 0 Å². The van der Waals surface area contributed by atoms with Crippen LogP contribution in [-0.4, -0.2) is 34.6 Å². The van der Waals surface area contributed by atoms with Gasteiger partial charge in [0.2, 0.25) is 0 Å². The van der Waals surface area contributed by atoms with E-state index in [9.17, 15) is 9.59 Å². The van der Waals surface area contributed by atoms with Crippen molar-refractivity contribution < 1.29 is 19.1 Å². The van der Waals surface area contributed by atoms with Gasteiger partial charge >= 0.3 is 12.2 Å². The van der Waals surface area contributed by atoms with Gasteiger partial charge in [0, 0.05) is 0 Å². The maximum atomic E-state index is 10.9. The summed E-state index contributed by atoms with van der Waals surface area (Å²) in [5.74, 6) is 0. The van der Waals surface area contributed by atoms with Crippen molar-refractivity contribution in [2.24, 2.45) is 11.5 Å². The van der Waals surface area contributed by atoms with E-state index in [-0.39, 0.29) is 22.4 Å². The molecular formula is C12H22N4O4S2. The summed E-state index contributed by atoms with van der Waals surface area (Å²) in [7, 11) is 0. The van der Waals surface area contributed by atoms with Crippen LogP contribution in [0.15, 0.2) is 0 Å². The molecule has 0 bridgehead atoms. The van der Waals surface area contributed by atoms with Gasteiger partial charge in [-0.15, -0.1) is 0 Å². The van der Waals surface area contributed by atoms with Crippen LogP contribution in [0.5, 0.6) is 0 Å². The van der Waals surface area contributed by atoms with E-state index in [4.69, 9.17) is 16.2 Å². The molecule has 0 aromatic rings. The van der Waals surface area contributed by atoms with Crippen LogP contribution in [0.1, 0.15) is 39.5 Å². The van der Waals surface area contributed by atoms with Gasteiger partial charge in [-0.1, -0.05) is 0 Å². The van der Waals surface area contributed by atoms with Gasteiger partial charge < -0.3 is 20.9 Å². The Hall–Kier alpha value is -1.68. The highest BCUT2D eigenvalue weighted by molar-refractivity contribution is 7.80. The Morgan fingerprint density at radius 1 is 1.05 bits per heavy atom. The average Bonchev–Trinajstić information content (AvgIpc) is 2.78. The number of thiocarbonyl (C=S) groups is 2. The molecular weight excluding hydrogens is 328 g/mol. The first kappa shape index (κ1) is 20.3. The van der Waals surface area contributed by atoms with Crippen LogP contribution in [-0.2, 0) is 9.47 Å². The molecule has 1 saturated carbocycles. The van der Waals surface area contributed by atoms with Crippen molar-refractivity contribution in [3.05, 3.63) is 0 Å². The fraction of sp³-hybridized carbons (Fsp3) is 0.667. The number of nitrogens with one attached hydrogen (secondary N) is 2. The van der Waals surface area contributed by atoms with Crippen molar-refractivity contribution in [2.75, 3.05) is 0 Å². The van der Waals surface area contributed by atoms with Crippen LogP contribution in [0.25, 0.3) is 0 Å². The Kier molecular flexibility index (Phi) is 10.1. The first-order valence-electron chi connectivity index (χ1n) is 6.74. The molecule has 0 atom stereocenters. The zero-order valence-electron chi connectivity index (χ0n) is 12.6. The number of carbonyl (C=O) groups is 2. The molecule has 0 aromatic heterocycles. The Labute approximate surface area is 140 Å². The summed E-state index contributed by atoms with van der Waals surface area (Å²) in [5, 5.41) is 4.22. The van der Waals surface area contributed by atoms with E-state index in [2.05, 4.69) is 39.8 Å². The average molecular weight is 350 g/mol. The summed E-state index contributed by atoms with van der Waals surface area (Å²) in [6, 6.07) is 0. The highest BCUT2D eigenvalue weighted by atomic mass is 32.1. The number of ether oxygens (including phenoxy) is 2. The van der Waals surface area contributed by atoms with Gasteiger partial charge in [0.1, 0.15) is 6.10 Å². The lowest BCUT2D eigenvalue weighted by Gasteiger charge is -2.10. The second-order valence-corrected chi connectivity index (χ2v) is 5.62. The normalized spacial score (nSPS) is 13.6. The molecule has 1 rings (SSSR count). The Balaban J connectivity index is 0.000000409. The number of hydrogen-bond acceptors (Lipinski definition) is 6. The van der Waals surface area contributed by atoms with Gasteiger partial charge in [-0.25, -0.2) is 9.59 Å². The van der Waals surface area contributed by atoms with Crippen molar-refractivity contribution in [3.8, 4) is 0 Å². The molecule has 1 aliphatic carbocycles. The van der Waals surface area contributed by atoms with Gasteiger partial charge in [0.05, 0.1) is 6.10 Å². The molecule has 0 saturated heterocycles. The second kappa shape index (κ2) is 11.0. The third kappa shape index (κ3) is 12.1. The topological polar surface area (TPSA) is 129 Å². The summed E-state index contributed by atoms with van der Waals surface area (Å²) in [6.07, 6.45) is 2.91. The van der Waals surface area contributed by atoms with E-state index in [1.54, 1.807) is 13.8 Å². The van der Waals surface area contributed by atoms with Crippen molar-refractivity contribution >= 4 is 46.8 Å². The smallest absolute Gasteiger partial charge is 0.413 e. The minimum absolute atomic E-state index is 0.0435. The fourth-order valence-corrected chi connectivity index (χ4v) is 1.80. The van der Waals surface area contributed by atoms with Crippen molar-refractivity contribution in [1.82, 2.24) is 10.6 Å². The predicted molar refractivity (Wildman–Crippen MR) is 90.2 cm³/mol. The molecule has 0 aromatic carbocycles. The van der Waals surface area contributed by atoms with Crippen molar-refractivity contribution in [3.63, 3.8) is 0 Å². The highest BCUT2D eigenvalue weighted by Gasteiger charge is 2.18. The maximum absolute atomic E-state index is 10.9. The number of nitrogens with two attached hydrogens (primary N) is 2. The lowest BCUT2D eigenvalue weighted by atomic mass is 10.3. The van der Waals surface area contributed by atoms with Gasteiger partial charge in [-0.05, 0) is 64.0 Å².